The van der Waals surface area contributed by atoms with E-state index >= 15 is 0 Å². The van der Waals surface area contributed by atoms with Gasteiger partial charge in [0.2, 0.25) is 0 Å². The van der Waals surface area contributed by atoms with Gasteiger partial charge in [0, 0.05) is 11.1 Å². The average Bonchev–Trinajstić information content (AvgIpc) is 1.99. The maximum atomic E-state index is 4.25. The summed E-state index contributed by atoms with van der Waals surface area (Å²) >= 11 is 0. The van der Waals surface area contributed by atoms with Crippen molar-refractivity contribution in [1.29, 1.82) is 0 Å². The van der Waals surface area contributed by atoms with Crippen LogP contribution in [0, 0.1) is 0 Å². The van der Waals surface area contributed by atoms with E-state index in [1.165, 1.54) is 16.8 Å². The van der Waals surface area contributed by atoms with Crippen LogP contribution in [0.5, 0.6) is 0 Å². The highest BCUT2D eigenvalue weighted by Crippen LogP contribution is 2.34. The fraction of sp³-hybridized carbons (Fsp3) is 0.571. The van der Waals surface area contributed by atoms with Crippen LogP contribution in [0.25, 0.3) is 0 Å². The van der Waals surface area contributed by atoms with E-state index in [0.717, 1.165) is 0 Å². The van der Waals surface area contributed by atoms with Crippen LogP contribution < -0.4 is 5.73 Å². The molecule has 0 spiro atoms. The predicted octanol–water partition coefficient (Wildman–Crippen LogP) is 3.16. The van der Waals surface area contributed by atoms with E-state index in [2.05, 4.69) is 65.5 Å². The Kier molecular flexibility index (Phi) is 2.97. The highest BCUT2D eigenvalue weighted by molar-refractivity contribution is 5.52. The van der Waals surface area contributed by atoms with Gasteiger partial charge in [-0.3, -0.25) is 0 Å². The molecule has 0 radical (unpaired) electrons. The van der Waals surface area contributed by atoms with E-state index in [0.29, 0.717) is 0 Å². The quantitative estimate of drug-likeness (QED) is 0.675. The summed E-state index contributed by atoms with van der Waals surface area (Å²) in [4.78, 5) is 0. The normalized spacial score (nSPS) is 13.0. The van der Waals surface area contributed by atoms with Crippen LogP contribution in [0.4, 0.5) is 5.69 Å². The minimum atomic E-state index is 0.179. The minimum Gasteiger partial charge on any atom is -0.325 e. The molecule has 0 aromatic heterocycles. The lowest BCUT2D eigenvalue weighted by Crippen LogP contribution is -2.45. The topological polar surface area (TPSA) is 27.6 Å². The molecule has 1 nitrogen and oxygen atoms in total. The highest BCUT2D eigenvalue weighted by Gasteiger charge is 2.25. The molecule has 0 amide bonds. The van der Waals surface area contributed by atoms with Crippen molar-refractivity contribution >= 4 is 5.69 Å². The molecule has 0 saturated heterocycles. The Bertz CT molecular complexity index is 318. The van der Waals surface area contributed by atoms with Gasteiger partial charge in [-0.2, -0.15) is 0 Å². The third kappa shape index (κ3) is 2.60. The van der Waals surface area contributed by atoms with Gasteiger partial charge in [-0.25, -0.2) is 0 Å². The fourth-order valence-corrected chi connectivity index (χ4v) is 1.99. The second-order valence-electron chi connectivity index (χ2n) is 6.33. The fourth-order valence-electron chi connectivity index (χ4n) is 1.99. The van der Waals surface area contributed by atoms with E-state index in [1.54, 1.807) is 0 Å². The molecule has 0 aliphatic rings. The van der Waals surface area contributed by atoms with Gasteiger partial charge < -0.3 is 5.73 Å². The zero-order chi connectivity index (χ0) is 11.9. The molecule has 0 heterocycles. The first kappa shape index (κ1) is 12.3. The van der Waals surface area contributed by atoms with Crippen molar-refractivity contribution in [2.45, 2.75) is 52.4 Å². The summed E-state index contributed by atoms with van der Waals surface area (Å²) in [5.74, 6) is 0. The number of hydrogen-bond donors (Lipinski definition) is 1. The molecule has 1 rings (SSSR count). The number of rotatable bonds is 0. The van der Waals surface area contributed by atoms with Gasteiger partial charge in [0.05, 0.1) is 0 Å². The molecule has 0 atom stereocenters. The minimum absolute atomic E-state index is 0.179. The smallest absolute Gasteiger partial charge is 0.135 e. The molecule has 84 valence electrons. The van der Waals surface area contributed by atoms with Crippen LogP contribution in [-0.2, 0) is 10.8 Å². The first-order chi connectivity index (χ1) is 6.64. The molecule has 0 aliphatic heterocycles. The standard InChI is InChI=1S/C14H23N/c1-13(2,3)10-8-7-9-11(12(10)15)14(4,5)6/h7-9H,15H2,1-6H3/p+1. The third-order valence-corrected chi connectivity index (χ3v) is 2.79. The van der Waals surface area contributed by atoms with E-state index in [1.807, 2.05) is 0 Å². The van der Waals surface area contributed by atoms with Gasteiger partial charge in [0.25, 0.3) is 0 Å². The Morgan fingerprint density at radius 2 is 1.13 bits per heavy atom. The first-order valence-electron chi connectivity index (χ1n) is 5.60. The maximum absolute atomic E-state index is 4.25. The summed E-state index contributed by atoms with van der Waals surface area (Å²) in [6.45, 7) is 13.4. The van der Waals surface area contributed by atoms with Crippen LogP contribution in [-0.4, -0.2) is 0 Å². The van der Waals surface area contributed by atoms with E-state index in [4.69, 9.17) is 0 Å². The van der Waals surface area contributed by atoms with Gasteiger partial charge in [-0.1, -0.05) is 59.7 Å². The van der Waals surface area contributed by atoms with Crippen LogP contribution in [0.3, 0.4) is 0 Å². The molecule has 0 aliphatic carbocycles. The number of hydrogen-bond acceptors (Lipinski definition) is 0. The van der Waals surface area contributed by atoms with Crippen molar-refractivity contribution in [3.8, 4) is 0 Å². The van der Waals surface area contributed by atoms with Gasteiger partial charge in [0.15, 0.2) is 0 Å². The number of quaternary nitrogens is 1. The van der Waals surface area contributed by atoms with E-state index < -0.39 is 0 Å². The van der Waals surface area contributed by atoms with Crippen LogP contribution >= 0.6 is 0 Å². The number of benzene rings is 1. The average molecular weight is 206 g/mol. The molecule has 0 bridgehead atoms. The van der Waals surface area contributed by atoms with Gasteiger partial charge in [-0.05, 0) is 10.8 Å². The van der Waals surface area contributed by atoms with Gasteiger partial charge in [0.1, 0.15) is 5.69 Å². The second kappa shape index (κ2) is 3.64. The van der Waals surface area contributed by atoms with Crippen LogP contribution in [0.15, 0.2) is 18.2 Å². The summed E-state index contributed by atoms with van der Waals surface area (Å²) in [6.07, 6.45) is 0. The Labute approximate surface area is 93.7 Å². The summed E-state index contributed by atoms with van der Waals surface area (Å²) in [7, 11) is 0. The van der Waals surface area contributed by atoms with Crippen molar-refractivity contribution in [2.24, 2.45) is 0 Å². The van der Waals surface area contributed by atoms with Crippen LogP contribution in [0.1, 0.15) is 52.7 Å². The molecule has 3 N–H and O–H groups in total. The molecule has 0 saturated carbocycles. The summed E-state index contributed by atoms with van der Waals surface area (Å²) < 4.78 is 0. The van der Waals surface area contributed by atoms with Gasteiger partial charge >= 0.3 is 0 Å². The van der Waals surface area contributed by atoms with E-state index in [-0.39, 0.29) is 10.8 Å². The Morgan fingerprint density at radius 3 is 1.40 bits per heavy atom. The van der Waals surface area contributed by atoms with Crippen molar-refractivity contribution in [1.82, 2.24) is 0 Å². The van der Waals surface area contributed by atoms with Crippen molar-refractivity contribution in [2.75, 3.05) is 0 Å². The molecule has 0 unspecified atom stereocenters. The molecular formula is C14H24N+. The lowest BCUT2D eigenvalue weighted by molar-refractivity contribution is -0.258. The highest BCUT2D eigenvalue weighted by atomic mass is 14.6. The molecule has 1 aromatic carbocycles. The van der Waals surface area contributed by atoms with Crippen LogP contribution in [0.2, 0.25) is 0 Å². The molecular weight excluding hydrogens is 182 g/mol. The zero-order valence-corrected chi connectivity index (χ0v) is 10.9. The van der Waals surface area contributed by atoms with Crippen molar-refractivity contribution in [3.05, 3.63) is 29.3 Å². The molecule has 1 aromatic rings. The van der Waals surface area contributed by atoms with Gasteiger partial charge in [-0.15, -0.1) is 0 Å². The maximum Gasteiger partial charge on any atom is 0.135 e. The summed E-state index contributed by atoms with van der Waals surface area (Å²) in [6, 6.07) is 6.53. The molecule has 0 fully saturated rings. The zero-order valence-electron chi connectivity index (χ0n) is 10.9. The predicted molar refractivity (Wildman–Crippen MR) is 66.4 cm³/mol. The summed E-state index contributed by atoms with van der Waals surface area (Å²) in [5.41, 5.74) is 8.53. The monoisotopic (exact) mass is 206 g/mol. The Morgan fingerprint density at radius 1 is 0.800 bits per heavy atom. The van der Waals surface area contributed by atoms with Crippen molar-refractivity contribution in [3.63, 3.8) is 0 Å². The molecule has 15 heavy (non-hydrogen) atoms. The van der Waals surface area contributed by atoms with Crippen molar-refractivity contribution < 1.29 is 5.73 Å². The Hall–Kier alpha value is -0.820. The molecule has 1 heteroatoms. The third-order valence-electron chi connectivity index (χ3n) is 2.79. The second-order valence-corrected chi connectivity index (χ2v) is 6.33. The lowest BCUT2D eigenvalue weighted by atomic mass is 9.79. The lowest BCUT2D eigenvalue weighted by Gasteiger charge is -2.25. The Balaban J connectivity index is 3.37. The first-order valence-corrected chi connectivity index (χ1v) is 5.60. The largest absolute Gasteiger partial charge is 0.325 e. The van der Waals surface area contributed by atoms with E-state index in [9.17, 15) is 0 Å². The SMILES string of the molecule is CC(C)(C)c1cccc(C(C)(C)C)c1[NH3+]. The summed E-state index contributed by atoms with van der Waals surface area (Å²) in [5, 5.41) is 0.